The van der Waals surface area contributed by atoms with Crippen molar-refractivity contribution in [1.29, 1.82) is 0 Å². The largest absolute Gasteiger partial charge is 0.465 e. The zero-order valence-electron chi connectivity index (χ0n) is 11.0. The summed E-state index contributed by atoms with van der Waals surface area (Å²) < 4.78 is 8.88. The molecule has 0 aromatic carbocycles. The molecule has 0 saturated carbocycles. The second-order valence-corrected chi connectivity index (χ2v) is 5.66. The number of carbonyl (C=O) groups is 1. The number of methoxy groups -OCH3 is 1. The van der Waals surface area contributed by atoms with Gasteiger partial charge in [0, 0.05) is 12.6 Å². The summed E-state index contributed by atoms with van der Waals surface area (Å²) in [6.45, 7) is 5.37. The predicted octanol–water partition coefficient (Wildman–Crippen LogP) is 2.14. The number of ether oxygens (including phenoxy) is 1. The molecule has 1 aliphatic heterocycles. The Balaban J connectivity index is 2.31. The van der Waals surface area contributed by atoms with Crippen molar-refractivity contribution < 1.29 is 9.53 Å². The summed E-state index contributed by atoms with van der Waals surface area (Å²) in [4.78, 5) is 14.0. The first-order chi connectivity index (χ1) is 8.54. The van der Waals surface area contributed by atoms with Gasteiger partial charge in [0.2, 0.25) is 0 Å². The second kappa shape index (κ2) is 5.14. The first-order valence-electron chi connectivity index (χ1n) is 6.14. The van der Waals surface area contributed by atoms with Crippen LogP contribution in [0.5, 0.6) is 0 Å². The summed E-state index contributed by atoms with van der Waals surface area (Å²) in [6, 6.07) is 0.400. The maximum atomic E-state index is 11.8. The van der Waals surface area contributed by atoms with E-state index in [0.717, 1.165) is 30.3 Å². The Morgan fingerprint density at radius 1 is 1.56 bits per heavy atom. The molecule has 2 rings (SSSR count). The quantitative estimate of drug-likeness (QED) is 0.833. The Kier molecular flexibility index (Phi) is 3.75. The van der Waals surface area contributed by atoms with E-state index in [-0.39, 0.29) is 5.82 Å². The van der Waals surface area contributed by atoms with Crippen LogP contribution in [0.4, 0.5) is 10.8 Å². The van der Waals surface area contributed by atoms with E-state index in [1.807, 2.05) is 0 Å². The van der Waals surface area contributed by atoms with E-state index in [2.05, 4.69) is 23.1 Å². The topological polar surface area (TPSA) is 68.5 Å². The molecule has 1 aliphatic rings. The SMILES string of the molecule is COC(=O)c1c(N)nsc1N1CCC(C)CC1C. The number of nitrogen functional groups attached to an aromatic ring is 1. The average molecular weight is 269 g/mol. The molecular formula is C12H19N3O2S. The number of hydrogen-bond donors (Lipinski definition) is 1. The van der Waals surface area contributed by atoms with Crippen molar-refractivity contribution in [2.45, 2.75) is 32.7 Å². The molecule has 6 heteroatoms. The summed E-state index contributed by atoms with van der Waals surface area (Å²) in [7, 11) is 1.37. The maximum Gasteiger partial charge on any atom is 0.344 e. The van der Waals surface area contributed by atoms with E-state index in [4.69, 9.17) is 10.5 Å². The van der Waals surface area contributed by atoms with E-state index >= 15 is 0 Å². The van der Waals surface area contributed by atoms with Crippen LogP contribution in [-0.2, 0) is 4.74 Å². The summed E-state index contributed by atoms with van der Waals surface area (Å²) in [5, 5.41) is 0.846. The van der Waals surface area contributed by atoms with Gasteiger partial charge in [-0.2, -0.15) is 4.37 Å². The van der Waals surface area contributed by atoms with Crippen LogP contribution in [-0.4, -0.2) is 30.0 Å². The van der Waals surface area contributed by atoms with Crippen LogP contribution in [0.2, 0.25) is 0 Å². The Hall–Kier alpha value is -1.30. The second-order valence-electron chi connectivity index (χ2n) is 4.91. The number of carbonyl (C=O) groups excluding carboxylic acids is 1. The molecule has 2 unspecified atom stereocenters. The Bertz CT molecular complexity index is 447. The van der Waals surface area contributed by atoms with Gasteiger partial charge in [-0.25, -0.2) is 4.79 Å². The zero-order valence-corrected chi connectivity index (χ0v) is 11.8. The number of hydrogen-bond acceptors (Lipinski definition) is 6. The molecule has 0 bridgehead atoms. The molecule has 1 aromatic heterocycles. The summed E-state index contributed by atoms with van der Waals surface area (Å²) in [5.74, 6) is 0.595. The standard InChI is InChI=1S/C12H19N3O2S/c1-7-4-5-15(8(2)6-7)11-9(12(16)17-3)10(13)14-18-11/h7-8H,4-6H2,1-3H3,(H2,13,14). The minimum atomic E-state index is -0.401. The lowest BCUT2D eigenvalue weighted by atomic mass is 9.93. The first kappa shape index (κ1) is 13.1. The van der Waals surface area contributed by atoms with Crippen LogP contribution >= 0.6 is 11.5 Å². The lowest BCUT2D eigenvalue weighted by molar-refractivity contribution is 0.0603. The molecule has 2 atom stereocenters. The van der Waals surface area contributed by atoms with Crippen molar-refractivity contribution in [3.8, 4) is 0 Å². The van der Waals surface area contributed by atoms with Crippen molar-refractivity contribution in [2.75, 3.05) is 24.3 Å². The lowest BCUT2D eigenvalue weighted by Crippen LogP contribution is -2.40. The van der Waals surface area contributed by atoms with Crippen LogP contribution in [0.15, 0.2) is 0 Å². The molecule has 2 heterocycles. The number of anilines is 2. The summed E-state index contributed by atoms with van der Waals surface area (Å²) >= 11 is 1.28. The zero-order chi connectivity index (χ0) is 13.3. The molecule has 5 nitrogen and oxygen atoms in total. The van der Waals surface area contributed by atoms with Gasteiger partial charge in [-0.3, -0.25) is 0 Å². The normalized spacial score (nSPS) is 24.1. The average Bonchev–Trinajstić information content (AvgIpc) is 2.70. The highest BCUT2D eigenvalue weighted by Crippen LogP contribution is 2.36. The first-order valence-corrected chi connectivity index (χ1v) is 6.92. The van der Waals surface area contributed by atoms with Gasteiger partial charge in [-0.05, 0) is 37.2 Å². The predicted molar refractivity (Wildman–Crippen MR) is 73.1 cm³/mol. The molecule has 1 fully saturated rings. The fourth-order valence-corrected chi connectivity index (χ4v) is 3.42. The van der Waals surface area contributed by atoms with Crippen molar-refractivity contribution in [3.63, 3.8) is 0 Å². The van der Waals surface area contributed by atoms with Gasteiger partial charge in [0.15, 0.2) is 5.82 Å². The number of rotatable bonds is 2. The number of piperidine rings is 1. The third kappa shape index (κ3) is 2.29. The highest BCUT2D eigenvalue weighted by molar-refractivity contribution is 7.11. The highest BCUT2D eigenvalue weighted by atomic mass is 32.1. The van der Waals surface area contributed by atoms with E-state index in [0.29, 0.717) is 11.6 Å². The van der Waals surface area contributed by atoms with Crippen molar-refractivity contribution in [1.82, 2.24) is 4.37 Å². The fourth-order valence-electron chi connectivity index (χ4n) is 2.49. The van der Waals surface area contributed by atoms with E-state index in [1.165, 1.54) is 18.6 Å². The summed E-state index contributed by atoms with van der Waals surface area (Å²) in [5.41, 5.74) is 6.19. The van der Waals surface area contributed by atoms with Crippen LogP contribution in [0.1, 0.15) is 37.0 Å². The number of nitrogens with zero attached hydrogens (tertiary/aromatic N) is 2. The molecule has 2 N–H and O–H groups in total. The minimum Gasteiger partial charge on any atom is -0.465 e. The monoisotopic (exact) mass is 269 g/mol. The molecule has 1 aromatic rings. The van der Waals surface area contributed by atoms with Gasteiger partial charge in [0.05, 0.1) is 7.11 Å². The van der Waals surface area contributed by atoms with E-state index in [1.54, 1.807) is 0 Å². The number of nitrogens with two attached hydrogens (primary N) is 1. The number of aromatic nitrogens is 1. The Labute approximate surface area is 111 Å². The molecule has 0 radical (unpaired) electrons. The Morgan fingerprint density at radius 2 is 2.28 bits per heavy atom. The molecule has 100 valence electrons. The third-order valence-corrected chi connectivity index (χ3v) is 4.39. The van der Waals surface area contributed by atoms with Gasteiger partial charge in [0.25, 0.3) is 0 Å². The lowest BCUT2D eigenvalue weighted by Gasteiger charge is -2.37. The highest BCUT2D eigenvalue weighted by Gasteiger charge is 2.30. The van der Waals surface area contributed by atoms with Gasteiger partial charge in [0.1, 0.15) is 10.6 Å². The summed E-state index contributed by atoms with van der Waals surface area (Å²) in [6.07, 6.45) is 2.25. The molecule has 1 saturated heterocycles. The molecule has 0 amide bonds. The maximum absolute atomic E-state index is 11.8. The number of esters is 1. The van der Waals surface area contributed by atoms with Crippen LogP contribution in [0.3, 0.4) is 0 Å². The Morgan fingerprint density at radius 3 is 2.89 bits per heavy atom. The van der Waals surface area contributed by atoms with Crippen molar-refractivity contribution in [3.05, 3.63) is 5.56 Å². The van der Waals surface area contributed by atoms with Gasteiger partial charge in [-0.15, -0.1) is 0 Å². The fraction of sp³-hybridized carbons (Fsp3) is 0.667. The molecule has 0 spiro atoms. The molecular weight excluding hydrogens is 250 g/mol. The minimum absolute atomic E-state index is 0.271. The van der Waals surface area contributed by atoms with Crippen LogP contribution in [0.25, 0.3) is 0 Å². The van der Waals surface area contributed by atoms with Crippen LogP contribution in [0, 0.1) is 5.92 Å². The van der Waals surface area contributed by atoms with E-state index in [9.17, 15) is 4.79 Å². The van der Waals surface area contributed by atoms with Gasteiger partial charge < -0.3 is 15.4 Å². The van der Waals surface area contributed by atoms with E-state index < -0.39 is 5.97 Å². The molecule has 18 heavy (non-hydrogen) atoms. The van der Waals surface area contributed by atoms with Gasteiger partial charge >= 0.3 is 5.97 Å². The van der Waals surface area contributed by atoms with Crippen LogP contribution < -0.4 is 10.6 Å². The van der Waals surface area contributed by atoms with Crippen molar-refractivity contribution >= 4 is 28.3 Å². The molecule has 0 aliphatic carbocycles. The third-order valence-electron chi connectivity index (χ3n) is 3.49. The van der Waals surface area contributed by atoms with Gasteiger partial charge in [-0.1, -0.05) is 6.92 Å². The van der Waals surface area contributed by atoms with Crippen molar-refractivity contribution in [2.24, 2.45) is 5.92 Å². The smallest absolute Gasteiger partial charge is 0.344 e.